The normalized spacial score (nSPS) is 7.45. The van der Waals surface area contributed by atoms with E-state index in [9.17, 15) is 0 Å². The summed E-state index contributed by atoms with van der Waals surface area (Å²) in [7, 11) is -4.67. The van der Waals surface area contributed by atoms with Crippen LogP contribution in [0.5, 0.6) is 0 Å². The third kappa shape index (κ3) is 604. The minimum atomic E-state index is -4.67. The molecular formula is H5BaNO7SZn. The van der Waals surface area contributed by atoms with Crippen LogP contribution in [0.4, 0.5) is 0 Å². The van der Waals surface area contributed by atoms with Gasteiger partial charge in [0.2, 0.25) is 0 Å². The molecule has 0 aliphatic rings. The number of hydrogen-bond donors (Lipinski definition) is 3. The summed E-state index contributed by atoms with van der Waals surface area (Å²) in [6, 6.07) is 0. The Hall–Kier alpha value is 1.26. The fraction of sp³-hybridized carbons (Fsp3) is 0. The summed E-state index contributed by atoms with van der Waals surface area (Å²) in [5, 5.41) is 13.6. The van der Waals surface area contributed by atoms with Gasteiger partial charge in [-0.1, -0.05) is 0 Å². The van der Waals surface area contributed by atoms with Crippen molar-refractivity contribution in [3.8, 4) is 0 Å². The molecule has 62 valence electrons. The second kappa shape index (κ2) is 11.3. The Morgan fingerprint density at radius 1 is 1.27 bits per heavy atom. The Morgan fingerprint density at radius 2 is 1.27 bits per heavy atom. The molecule has 0 bridgehead atoms. The van der Waals surface area contributed by atoms with Crippen molar-refractivity contribution in [1.29, 1.82) is 0 Å². The third-order valence-corrected chi connectivity index (χ3v) is 0. The molecular weight excluding hydrogens is 361 g/mol. The molecule has 0 amide bonds. The summed E-state index contributed by atoms with van der Waals surface area (Å²) >= 11 is 0. The molecule has 0 aliphatic heterocycles. The average molecular weight is 366 g/mol. The van der Waals surface area contributed by atoms with Gasteiger partial charge in [-0.25, -0.2) is 0 Å². The van der Waals surface area contributed by atoms with Crippen molar-refractivity contribution in [3.63, 3.8) is 0 Å². The van der Waals surface area contributed by atoms with Crippen molar-refractivity contribution in [2.75, 3.05) is 0 Å². The SMILES string of the molecule is O=S(=O)(O)O.O=[N+]([O-])O.[BaH2].[Zn]. The van der Waals surface area contributed by atoms with E-state index < -0.39 is 15.5 Å². The minimum absolute atomic E-state index is 0. The second-order valence-corrected chi connectivity index (χ2v) is 1.58. The van der Waals surface area contributed by atoms with Crippen molar-refractivity contribution in [2.24, 2.45) is 0 Å². The van der Waals surface area contributed by atoms with Crippen LogP contribution in [0, 0.1) is 10.1 Å². The van der Waals surface area contributed by atoms with Gasteiger partial charge in [0.1, 0.15) is 0 Å². The summed E-state index contributed by atoms with van der Waals surface area (Å²) in [5.74, 6) is 0. The number of nitrogens with zero attached hydrogens (tertiary/aromatic N) is 1. The third-order valence-electron chi connectivity index (χ3n) is 0. The van der Waals surface area contributed by atoms with E-state index in [1.807, 2.05) is 0 Å². The van der Waals surface area contributed by atoms with Crippen molar-refractivity contribution >= 4 is 59.3 Å². The van der Waals surface area contributed by atoms with E-state index >= 15 is 0 Å². The predicted octanol–water partition coefficient (Wildman–Crippen LogP) is -1.92. The molecule has 0 fully saturated rings. The number of rotatable bonds is 0. The first-order valence-electron chi connectivity index (χ1n) is 1.26. The molecule has 0 saturated carbocycles. The van der Waals surface area contributed by atoms with Crippen LogP contribution in [0.3, 0.4) is 0 Å². The molecule has 3 N–H and O–H groups in total. The molecule has 0 spiro atoms. The van der Waals surface area contributed by atoms with E-state index in [1.165, 1.54) is 0 Å². The molecule has 11 heteroatoms. The molecule has 11 heavy (non-hydrogen) atoms. The molecule has 0 aromatic carbocycles. The molecule has 0 saturated heterocycles. The molecule has 0 radical (unpaired) electrons. The maximum Gasteiger partial charge on any atom is 0 e. The summed E-state index contributed by atoms with van der Waals surface area (Å²) < 4.78 is 31.6. The van der Waals surface area contributed by atoms with E-state index in [1.54, 1.807) is 0 Å². The zero-order valence-electron chi connectivity index (χ0n) is 4.54. The average Bonchev–Trinajstić information content (AvgIpc) is 1.19. The van der Waals surface area contributed by atoms with E-state index in [0.29, 0.717) is 0 Å². The molecule has 0 aromatic heterocycles. The van der Waals surface area contributed by atoms with E-state index in [-0.39, 0.29) is 68.4 Å². The van der Waals surface area contributed by atoms with Gasteiger partial charge in [0.05, 0.1) is 0 Å². The molecule has 0 atom stereocenters. The Morgan fingerprint density at radius 3 is 1.27 bits per heavy atom. The first-order valence-corrected chi connectivity index (χ1v) is 2.66. The molecule has 0 rings (SSSR count). The minimum Gasteiger partial charge on any atom is 0 e. The molecule has 0 aromatic rings. The van der Waals surface area contributed by atoms with E-state index in [2.05, 4.69) is 0 Å². The fourth-order valence-electron chi connectivity index (χ4n) is 0. The summed E-state index contributed by atoms with van der Waals surface area (Å²) in [4.78, 5) is 8.36. The van der Waals surface area contributed by atoms with Crippen molar-refractivity contribution in [3.05, 3.63) is 10.1 Å². The topological polar surface area (TPSA) is 138 Å². The molecule has 0 unspecified atom stereocenters. The monoisotopic (exact) mass is 365 g/mol. The van der Waals surface area contributed by atoms with Crippen molar-refractivity contribution < 1.29 is 47.3 Å². The van der Waals surface area contributed by atoms with Crippen LogP contribution in [0.15, 0.2) is 0 Å². The van der Waals surface area contributed by atoms with Crippen LogP contribution < -0.4 is 0 Å². The van der Waals surface area contributed by atoms with E-state index in [0.717, 1.165) is 0 Å². The Kier molecular flexibility index (Phi) is 23.3. The van der Waals surface area contributed by atoms with Crippen LogP contribution in [0.25, 0.3) is 0 Å². The Labute approximate surface area is 115 Å². The first-order chi connectivity index (χ1) is 3.73. The van der Waals surface area contributed by atoms with Gasteiger partial charge in [-0.3, -0.25) is 9.11 Å². The predicted molar refractivity (Wildman–Crippen MR) is 31.5 cm³/mol. The van der Waals surface area contributed by atoms with Crippen LogP contribution >= 0.6 is 0 Å². The maximum absolute atomic E-state index is 8.74. The van der Waals surface area contributed by atoms with Gasteiger partial charge >= 0.3 is 59.3 Å². The van der Waals surface area contributed by atoms with Crippen LogP contribution in [-0.2, 0) is 29.9 Å². The second-order valence-electron chi connectivity index (χ2n) is 0.686. The van der Waals surface area contributed by atoms with Crippen LogP contribution in [0.2, 0.25) is 0 Å². The van der Waals surface area contributed by atoms with Gasteiger partial charge < -0.3 is 5.21 Å². The molecule has 0 heterocycles. The van der Waals surface area contributed by atoms with Crippen LogP contribution in [-0.4, -0.2) is 76.7 Å². The first kappa shape index (κ1) is 22.8. The van der Waals surface area contributed by atoms with Gasteiger partial charge in [-0.15, -0.1) is 10.1 Å². The quantitative estimate of drug-likeness (QED) is 0.197. The van der Waals surface area contributed by atoms with Crippen molar-refractivity contribution in [1.82, 2.24) is 0 Å². The largest absolute Gasteiger partial charge is 0 e. The van der Waals surface area contributed by atoms with Gasteiger partial charge in [0.25, 0.3) is 5.09 Å². The van der Waals surface area contributed by atoms with E-state index in [4.69, 9.17) is 32.8 Å². The van der Waals surface area contributed by atoms with Gasteiger partial charge in [-0.05, 0) is 0 Å². The van der Waals surface area contributed by atoms with Gasteiger partial charge in [0, 0.05) is 19.5 Å². The number of hydrogen-bond acceptors (Lipinski definition) is 4. The molecule has 0 aliphatic carbocycles. The molecule has 8 nitrogen and oxygen atoms in total. The zero-order chi connectivity index (χ0) is 8.08. The standard InChI is InChI=1S/Ba.HNO3.H2O4S.Zn.2H/c;2-1(3)4;1-5(2,3)4;;;/h;(H,2,3,4);(H2,1,2,3,4);;;. The smallest absolute Gasteiger partial charge is 0 e. The maximum atomic E-state index is 8.74. The Balaban J connectivity index is -0.0000000383. The fourth-order valence-corrected chi connectivity index (χ4v) is 0. The zero-order valence-corrected chi connectivity index (χ0v) is 8.32. The van der Waals surface area contributed by atoms with Crippen LogP contribution in [0.1, 0.15) is 0 Å². The summed E-state index contributed by atoms with van der Waals surface area (Å²) in [6.45, 7) is 0. The van der Waals surface area contributed by atoms with Crippen molar-refractivity contribution in [2.45, 2.75) is 0 Å². The summed E-state index contributed by atoms with van der Waals surface area (Å²) in [6.07, 6.45) is 0. The summed E-state index contributed by atoms with van der Waals surface area (Å²) in [5.41, 5.74) is 0. The Bertz CT molecular complexity index is 161. The van der Waals surface area contributed by atoms with Gasteiger partial charge in [-0.2, -0.15) is 8.42 Å². The van der Waals surface area contributed by atoms with Gasteiger partial charge in [0.15, 0.2) is 0 Å².